The minimum atomic E-state index is -0.382. The van der Waals surface area contributed by atoms with Crippen LogP contribution in [0.1, 0.15) is 16.9 Å². The van der Waals surface area contributed by atoms with Gasteiger partial charge in [-0.2, -0.15) is 5.26 Å². The number of nitriles is 1. The van der Waals surface area contributed by atoms with E-state index in [9.17, 15) is 9.59 Å². The largest absolute Gasteiger partial charge is 0.444 e. The second-order valence-electron chi connectivity index (χ2n) is 5.73. The summed E-state index contributed by atoms with van der Waals surface area (Å²) in [5.74, 6) is 0.456. The van der Waals surface area contributed by atoms with E-state index in [-0.39, 0.29) is 30.8 Å². The first-order valence-electron chi connectivity index (χ1n) is 7.70. The van der Waals surface area contributed by atoms with Crippen molar-refractivity contribution < 1.29 is 14.0 Å². The Morgan fingerprint density at radius 1 is 1.27 bits per heavy atom. The van der Waals surface area contributed by atoms with Crippen molar-refractivity contribution in [3.63, 3.8) is 0 Å². The van der Waals surface area contributed by atoms with Crippen molar-refractivity contribution in [2.75, 3.05) is 30.8 Å². The molecule has 0 aromatic carbocycles. The number of pyridine rings is 1. The van der Waals surface area contributed by atoms with Gasteiger partial charge in [-0.25, -0.2) is 4.98 Å². The molecule has 2 rings (SSSR count). The second kappa shape index (κ2) is 8.60. The maximum absolute atomic E-state index is 12.1. The number of likely N-dealkylation sites (N-methyl/N-ethyl adjacent to an activating group) is 1. The van der Waals surface area contributed by atoms with Crippen LogP contribution in [-0.4, -0.2) is 41.8 Å². The Morgan fingerprint density at radius 3 is 2.50 bits per heavy atom. The molecule has 0 aliphatic rings. The number of amides is 2. The molecule has 2 N–H and O–H groups in total. The van der Waals surface area contributed by atoms with E-state index in [2.05, 4.69) is 31.5 Å². The molecule has 0 unspecified atom stereocenters. The number of nitrogens with zero attached hydrogens (tertiary/aromatic N) is 3. The normalized spacial score (nSPS) is 10.5. The van der Waals surface area contributed by atoms with Crippen LogP contribution in [0.4, 0.5) is 11.7 Å². The molecule has 0 aliphatic carbocycles. The number of aryl methyl sites for hydroxylation is 1. The Balaban J connectivity index is 1.87. The number of anilines is 2. The minimum Gasteiger partial charge on any atom is -0.444 e. The lowest BCUT2D eigenvalue weighted by molar-refractivity contribution is -0.119. The highest BCUT2D eigenvalue weighted by atomic mass is 79.9. The topological polar surface area (TPSA) is 111 Å². The number of rotatable bonds is 6. The Hall–Kier alpha value is -2.70. The number of hydrogen-bond acceptors (Lipinski definition) is 6. The maximum Gasteiger partial charge on any atom is 0.240 e. The van der Waals surface area contributed by atoms with E-state index in [0.717, 1.165) is 4.47 Å². The first-order valence-corrected chi connectivity index (χ1v) is 8.49. The third-order valence-corrected chi connectivity index (χ3v) is 4.04. The number of nitrogens with one attached hydrogen (secondary N) is 2. The van der Waals surface area contributed by atoms with Crippen molar-refractivity contribution in [1.29, 1.82) is 5.26 Å². The minimum absolute atomic E-state index is 0.00643. The summed E-state index contributed by atoms with van der Waals surface area (Å²) in [5.41, 5.74) is 0.995. The molecule has 2 amide bonds. The molecular weight excluding hydrogens is 402 g/mol. The monoisotopic (exact) mass is 419 g/mol. The van der Waals surface area contributed by atoms with Crippen LogP contribution in [0.5, 0.6) is 0 Å². The van der Waals surface area contributed by atoms with Gasteiger partial charge in [0.2, 0.25) is 17.7 Å². The summed E-state index contributed by atoms with van der Waals surface area (Å²) in [6.07, 6.45) is 1.58. The summed E-state index contributed by atoms with van der Waals surface area (Å²) in [7, 11) is 1.64. The van der Waals surface area contributed by atoms with E-state index in [1.165, 1.54) is 4.90 Å². The van der Waals surface area contributed by atoms with Crippen LogP contribution >= 0.6 is 15.9 Å². The molecule has 2 aromatic heterocycles. The summed E-state index contributed by atoms with van der Waals surface area (Å²) < 4.78 is 6.20. The smallest absolute Gasteiger partial charge is 0.240 e. The molecule has 0 saturated heterocycles. The maximum atomic E-state index is 12.1. The lowest BCUT2D eigenvalue weighted by Crippen LogP contribution is -2.36. The molecule has 2 heterocycles. The summed E-state index contributed by atoms with van der Waals surface area (Å²) in [5, 5.41) is 14.4. The van der Waals surface area contributed by atoms with Crippen LogP contribution in [0.2, 0.25) is 0 Å². The van der Waals surface area contributed by atoms with Crippen LogP contribution in [-0.2, 0) is 9.59 Å². The Bertz CT molecular complexity index is 855. The number of carbonyl (C=O) groups is 2. The molecule has 0 bridgehead atoms. The van der Waals surface area contributed by atoms with Gasteiger partial charge in [-0.1, -0.05) is 0 Å². The molecule has 0 saturated carbocycles. The van der Waals surface area contributed by atoms with Gasteiger partial charge in [0.15, 0.2) is 0 Å². The van der Waals surface area contributed by atoms with Gasteiger partial charge < -0.3 is 9.73 Å². The first kappa shape index (κ1) is 19.6. The van der Waals surface area contributed by atoms with Gasteiger partial charge in [0.05, 0.1) is 13.1 Å². The second-order valence-corrected chi connectivity index (χ2v) is 6.65. The summed E-state index contributed by atoms with van der Waals surface area (Å²) in [4.78, 5) is 29.7. The number of aromatic nitrogens is 1. The zero-order valence-corrected chi connectivity index (χ0v) is 16.2. The predicted octanol–water partition coefficient (Wildman–Crippen LogP) is 2.43. The van der Waals surface area contributed by atoms with Gasteiger partial charge in [-0.15, -0.1) is 0 Å². The lowest BCUT2D eigenvalue weighted by Gasteiger charge is -2.15. The highest BCUT2D eigenvalue weighted by Crippen LogP contribution is 2.25. The Kier molecular flexibility index (Phi) is 6.49. The molecule has 9 heteroatoms. The van der Waals surface area contributed by atoms with Gasteiger partial charge in [0, 0.05) is 16.2 Å². The molecule has 0 spiro atoms. The van der Waals surface area contributed by atoms with Crippen molar-refractivity contribution in [3.8, 4) is 6.07 Å². The van der Waals surface area contributed by atoms with Crippen LogP contribution in [0.15, 0.2) is 27.2 Å². The van der Waals surface area contributed by atoms with E-state index in [4.69, 9.17) is 9.68 Å². The SMILES string of the molecule is Cc1oc(NC(=O)CN(C)CC(=O)Nc2ccc(Br)cn2)c(C#N)c1C. The number of carbonyl (C=O) groups excluding carboxylic acids is 2. The summed E-state index contributed by atoms with van der Waals surface area (Å²) >= 11 is 3.27. The average molecular weight is 420 g/mol. The van der Waals surface area contributed by atoms with Crippen LogP contribution in [0.3, 0.4) is 0 Å². The Morgan fingerprint density at radius 2 is 1.92 bits per heavy atom. The fourth-order valence-electron chi connectivity index (χ4n) is 2.19. The molecule has 0 fully saturated rings. The number of furan rings is 1. The van der Waals surface area contributed by atoms with Gasteiger partial charge in [0.25, 0.3) is 0 Å². The zero-order chi connectivity index (χ0) is 19.3. The summed E-state index contributed by atoms with van der Waals surface area (Å²) in [6, 6.07) is 5.44. The molecular formula is C17H18BrN5O3. The van der Waals surface area contributed by atoms with Crippen LogP contribution < -0.4 is 10.6 Å². The van der Waals surface area contributed by atoms with Crippen molar-refractivity contribution in [3.05, 3.63) is 39.7 Å². The molecule has 0 atom stereocenters. The third kappa shape index (κ3) is 5.15. The zero-order valence-electron chi connectivity index (χ0n) is 14.6. The van der Waals surface area contributed by atoms with Gasteiger partial charge in [-0.05, 0) is 49.0 Å². The highest BCUT2D eigenvalue weighted by Gasteiger charge is 2.18. The van der Waals surface area contributed by atoms with E-state index < -0.39 is 0 Å². The van der Waals surface area contributed by atoms with Crippen molar-refractivity contribution in [2.45, 2.75) is 13.8 Å². The van der Waals surface area contributed by atoms with Crippen LogP contribution in [0.25, 0.3) is 0 Å². The molecule has 2 aromatic rings. The fraction of sp³-hybridized carbons (Fsp3) is 0.294. The van der Waals surface area contributed by atoms with E-state index in [1.54, 1.807) is 39.2 Å². The van der Waals surface area contributed by atoms with Crippen LogP contribution in [0, 0.1) is 25.2 Å². The van der Waals surface area contributed by atoms with Gasteiger partial charge in [0.1, 0.15) is 23.2 Å². The standard InChI is InChI=1S/C17H18BrN5O3/c1-10-11(2)26-17(13(10)6-19)22-16(25)9-23(3)8-15(24)21-14-5-4-12(18)7-20-14/h4-5,7H,8-9H2,1-3H3,(H,22,25)(H,20,21,24). The number of halogens is 1. The number of hydrogen-bond donors (Lipinski definition) is 2. The van der Waals surface area contributed by atoms with Gasteiger partial charge in [-0.3, -0.25) is 19.8 Å². The molecule has 26 heavy (non-hydrogen) atoms. The predicted molar refractivity (Wildman–Crippen MR) is 99.6 cm³/mol. The van der Waals surface area contributed by atoms with Crippen molar-refractivity contribution >= 4 is 39.4 Å². The van der Waals surface area contributed by atoms with Crippen molar-refractivity contribution in [2.24, 2.45) is 0 Å². The van der Waals surface area contributed by atoms with Crippen molar-refractivity contribution in [1.82, 2.24) is 9.88 Å². The average Bonchev–Trinajstić information content (AvgIpc) is 2.82. The fourth-order valence-corrected chi connectivity index (χ4v) is 2.43. The van der Waals surface area contributed by atoms with Gasteiger partial charge >= 0.3 is 0 Å². The van der Waals surface area contributed by atoms with E-state index >= 15 is 0 Å². The molecule has 8 nitrogen and oxygen atoms in total. The third-order valence-electron chi connectivity index (χ3n) is 3.57. The molecule has 0 radical (unpaired) electrons. The Labute approximate surface area is 159 Å². The first-order chi connectivity index (χ1) is 12.3. The van der Waals surface area contributed by atoms with E-state index in [1.807, 2.05) is 6.07 Å². The summed E-state index contributed by atoms with van der Waals surface area (Å²) in [6.45, 7) is 3.44. The lowest BCUT2D eigenvalue weighted by atomic mass is 10.2. The molecule has 0 aliphatic heterocycles. The van der Waals surface area contributed by atoms with E-state index in [0.29, 0.717) is 22.7 Å². The highest BCUT2D eigenvalue weighted by molar-refractivity contribution is 9.10. The quantitative estimate of drug-likeness (QED) is 0.743. The molecule has 136 valence electrons.